The van der Waals surface area contributed by atoms with Crippen LogP contribution in [0.1, 0.15) is 248 Å². The monoisotopic (exact) mass is 1950 g/mol. The number of thioether (sulfide) groups is 4. The molecule has 3 aromatic heterocycles. The van der Waals surface area contributed by atoms with Gasteiger partial charge in [0.25, 0.3) is 0 Å². The fraction of sp³-hybridized carbons (Fsp3) is 0.286. The quantitative estimate of drug-likeness (QED) is 0.0159. The Labute approximate surface area is 830 Å². The molecule has 0 fully saturated rings. The van der Waals surface area contributed by atoms with Crippen molar-refractivity contribution in [2.45, 2.75) is 205 Å². The number of benzene rings is 8. The van der Waals surface area contributed by atoms with Crippen molar-refractivity contribution in [3.8, 4) is 89.0 Å². The maximum atomic E-state index is 15.5. The Kier molecular flexibility index (Phi) is 36.4. The summed E-state index contributed by atoms with van der Waals surface area (Å²) in [6.45, 7) is 14.0. The molecule has 10 N–H and O–H groups in total. The first kappa shape index (κ1) is 104. The standard InChI is InChI=1S/C112H114N8O16S4/c1-9-13-17-21-25-97(137-65(5)121)105(125)117-85-49-45-77(69-29-37-73(38-30-69)109(129)130)61-81(85)101-89-53-55-91(113-89)102(82-62-78(70-31-39-74(40-32-70)110(131)132)46-50-86(82)118-106(126)98(138-66(6)122)26-22-18-14-10-2)93-57-59-95(115-93)104(84-64-80(72-35-43-76(44-36-72)112(135)136)48-52-88(84)120-108(128)100(140-68(8)124)28-24-20-16-12-4)96-60-58-94(116-96)103(92-56-54-90(101)114-92)83-63-79(71-33-41-75(42-34-71)111(133)134)47-51-87(83)119-107(127)99(139-67(7)123)27-23-19-15-11-3/h29-64,97-100,113,116H,9-28H2,1-8H3,(H,117,125)(H,118,126)(H,119,127)(H,120,128)(H,129,130)(H,131,132)(H,133,134)(H,135,136). The smallest absolute Gasteiger partial charge is 0.335 e. The zero-order valence-corrected chi connectivity index (χ0v) is 82.7. The molecule has 722 valence electrons. The van der Waals surface area contributed by atoms with Gasteiger partial charge in [-0.1, -0.05) is 250 Å². The molecule has 140 heavy (non-hydrogen) atoms. The number of carboxylic acid groups (broad SMARTS) is 4. The van der Waals surface area contributed by atoms with E-state index in [-0.39, 0.29) is 88.2 Å². The number of hydrogen-bond acceptors (Lipinski definition) is 18. The highest BCUT2D eigenvalue weighted by molar-refractivity contribution is 8.15. The van der Waals surface area contributed by atoms with Gasteiger partial charge in [0.05, 0.1) is 66.0 Å². The first-order valence-corrected chi connectivity index (χ1v) is 51.0. The predicted molar refractivity (Wildman–Crippen MR) is 568 cm³/mol. The number of aromatic carboxylic acids is 4. The van der Waals surface area contributed by atoms with Gasteiger partial charge in [-0.2, -0.15) is 0 Å². The molecule has 0 radical (unpaired) electrons. The fourth-order valence-electron chi connectivity index (χ4n) is 17.4. The molecule has 2 aliphatic rings. The van der Waals surface area contributed by atoms with Crippen LogP contribution < -0.4 is 21.3 Å². The van der Waals surface area contributed by atoms with E-state index in [0.717, 1.165) is 124 Å². The highest BCUT2D eigenvalue weighted by Crippen LogP contribution is 2.48. The Morgan fingerprint density at radius 1 is 0.264 bits per heavy atom. The zero-order valence-electron chi connectivity index (χ0n) is 79.5. The molecule has 24 nitrogen and oxygen atoms in total. The molecule has 8 bridgehead atoms. The van der Waals surface area contributed by atoms with E-state index >= 15 is 19.2 Å². The highest BCUT2D eigenvalue weighted by atomic mass is 32.2. The number of nitrogens with one attached hydrogen (secondary N) is 6. The third-order valence-corrected chi connectivity index (χ3v) is 28.7. The first-order chi connectivity index (χ1) is 67.5. The second-order valence-corrected chi connectivity index (χ2v) is 40.3. The minimum Gasteiger partial charge on any atom is -0.478 e. The number of rotatable bonds is 44. The summed E-state index contributed by atoms with van der Waals surface area (Å²) in [6.07, 6.45) is 21.7. The molecular formula is C112H114N8O16S4. The molecule has 4 unspecified atom stereocenters. The Hall–Kier alpha value is -13.8. The summed E-state index contributed by atoms with van der Waals surface area (Å²) >= 11 is 3.71. The Balaban J connectivity index is 1.24. The number of nitrogens with zero attached hydrogens (tertiary/aromatic N) is 2. The topological polar surface area (TPSA) is 391 Å². The van der Waals surface area contributed by atoms with Crippen molar-refractivity contribution in [3.05, 3.63) is 239 Å². The van der Waals surface area contributed by atoms with Crippen LogP contribution in [0.4, 0.5) is 22.7 Å². The van der Waals surface area contributed by atoms with Gasteiger partial charge >= 0.3 is 23.9 Å². The first-order valence-electron chi connectivity index (χ1n) is 47.5. The molecule has 0 saturated carbocycles. The van der Waals surface area contributed by atoms with Crippen molar-refractivity contribution in [2.75, 3.05) is 21.3 Å². The minimum atomic E-state index is -1.15. The van der Waals surface area contributed by atoms with Crippen LogP contribution in [-0.2, 0) is 38.4 Å². The fourth-order valence-corrected chi connectivity index (χ4v) is 20.8. The number of carbonyl (C=O) groups is 12. The summed E-state index contributed by atoms with van der Waals surface area (Å²) in [4.78, 5) is 185. The molecule has 28 heteroatoms. The van der Waals surface area contributed by atoms with E-state index in [2.05, 4.69) is 58.9 Å². The molecule has 8 aromatic carbocycles. The van der Waals surface area contributed by atoms with E-state index in [1.54, 1.807) is 121 Å². The number of unbranched alkanes of at least 4 members (excludes halogenated alkanes) is 12. The lowest BCUT2D eigenvalue weighted by Crippen LogP contribution is -2.26. The second-order valence-electron chi connectivity index (χ2n) is 34.8. The SMILES string of the molecule is CCCCCCC(SC(C)=O)C(=O)Nc1ccc(-c2ccc(C(=O)O)cc2)cc1-c1c2nc(c(-c3cc(-c4ccc(C(=O)O)cc4)ccc3NC(=O)C(CCCCCC)SC(C)=O)c3ccc([nH]3)c(-c3cc(-c4ccc(C(=O)O)cc4)ccc3NC(=O)C(CCCCCC)SC(C)=O)c3nc(c(-c4cc(-c5ccc(C(=O)O)cc5)ccc4NC(=O)C(CCCCCC)SC(C)=O)c4ccc1[nH]4)C=C3)C=C2. The van der Waals surface area contributed by atoms with Crippen LogP contribution in [0.2, 0.25) is 0 Å². The maximum Gasteiger partial charge on any atom is 0.335 e. The molecule has 4 amide bonds. The van der Waals surface area contributed by atoms with Crippen molar-refractivity contribution in [3.63, 3.8) is 0 Å². The molecule has 2 aliphatic heterocycles. The van der Waals surface area contributed by atoms with E-state index < -0.39 is 68.5 Å². The van der Waals surface area contributed by atoms with Crippen LogP contribution in [-0.4, -0.2) is 129 Å². The van der Waals surface area contributed by atoms with Crippen LogP contribution in [0.15, 0.2) is 194 Å². The van der Waals surface area contributed by atoms with E-state index in [4.69, 9.17) is 9.97 Å². The maximum absolute atomic E-state index is 15.5. The van der Waals surface area contributed by atoms with E-state index in [0.29, 0.717) is 162 Å². The number of H-pyrrole nitrogens is 2. The van der Waals surface area contributed by atoms with Crippen molar-refractivity contribution in [1.82, 2.24) is 19.9 Å². The van der Waals surface area contributed by atoms with Crippen molar-refractivity contribution >= 4 is 184 Å². The number of amides is 4. The largest absolute Gasteiger partial charge is 0.478 e. The van der Waals surface area contributed by atoms with Crippen LogP contribution in [0.3, 0.4) is 0 Å². The lowest BCUT2D eigenvalue weighted by molar-refractivity contribution is -0.116. The average Bonchev–Trinajstić information content (AvgIpc) is 1.59. The molecule has 5 heterocycles. The predicted octanol–water partition coefficient (Wildman–Crippen LogP) is 27.0. The van der Waals surface area contributed by atoms with Crippen LogP contribution in [0.25, 0.3) is 135 Å². The number of anilines is 4. The van der Waals surface area contributed by atoms with Gasteiger partial charge in [-0.3, -0.25) is 38.4 Å². The summed E-state index contributed by atoms with van der Waals surface area (Å²) < 4.78 is 0. The van der Waals surface area contributed by atoms with Crippen LogP contribution >= 0.6 is 47.0 Å². The van der Waals surface area contributed by atoms with Gasteiger partial charge in [-0.05, 0) is 216 Å². The normalized spacial score (nSPS) is 12.4. The summed E-state index contributed by atoms with van der Waals surface area (Å²) in [5, 5.41) is 49.7. The molecule has 0 spiro atoms. The van der Waals surface area contributed by atoms with Gasteiger partial charge in [0.1, 0.15) is 0 Å². The third-order valence-electron chi connectivity index (χ3n) is 24.5. The Morgan fingerprint density at radius 2 is 0.457 bits per heavy atom. The van der Waals surface area contributed by atoms with Gasteiger partial charge < -0.3 is 51.7 Å². The van der Waals surface area contributed by atoms with E-state index in [1.807, 2.05) is 48.5 Å². The molecular weight excluding hydrogens is 1840 g/mol. The minimum absolute atomic E-state index is 0.0229. The third kappa shape index (κ3) is 26.6. The number of aromatic nitrogens is 4. The van der Waals surface area contributed by atoms with Gasteiger partial charge in [0.2, 0.25) is 23.6 Å². The molecule has 0 saturated heterocycles. The van der Waals surface area contributed by atoms with Crippen molar-refractivity contribution in [2.24, 2.45) is 0 Å². The number of hydrogen-bond donors (Lipinski definition) is 10. The lowest BCUT2D eigenvalue weighted by Gasteiger charge is -2.19. The van der Waals surface area contributed by atoms with Crippen LogP contribution in [0, 0.1) is 0 Å². The summed E-state index contributed by atoms with van der Waals surface area (Å²) in [6, 6.07) is 54.3. The Bertz CT molecular complexity index is 5990. The second kappa shape index (κ2) is 49.2. The lowest BCUT2D eigenvalue weighted by atomic mass is 9.95. The summed E-state index contributed by atoms with van der Waals surface area (Å²) in [5.41, 5.74) is 11.0. The summed E-state index contributed by atoms with van der Waals surface area (Å²) in [7, 11) is 0. The van der Waals surface area contributed by atoms with Gasteiger partial charge in [-0.25, -0.2) is 29.1 Å². The van der Waals surface area contributed by atoms with Gasteiger partial charge in [-0.15, -0.1) is 0 Å². The van der Waals surface area contributed by atoms with E-state index in [9.17, 15) is 58.8 Å². The van der Waals surface area contributed by atoms with E-state index in [1.165, 1.54) is 76.2 Å². The zero-order chi connectivity index (χ0) is 99.8. The number of carbonyl (C=O) groups excluding carboxylic acids is 8. The number of aromatic amines is 2. The van der Waals surface area contributed by atoms with Gasteiger partial charge in [0, 0.05) is 117 Å². The van der Waals surface area contributed by atoms with Crippen molar-refractivity contribution in [1.29, 1.82) is 0 Å². The highest BCUT2D eigenvalue weighted by Gasteiger charge is 2.32. The van der Waals surface area contributed by atoms with Crippen LogP contribution in [0.5, 0.6) is 0 Å². The number of fused-ring (bicyclic) bond motifs is 8. The summed E-state index contributed by atoms with van der Waals surface area (Å²) in [5.74, 6) is -6.49. The molecule has 11 aromatic rings. The molecule has 0 aliphatic carbocycles. The number of carboxylic acids is 4. The molecule has 4 atom stereocenters. The average molecular weight is 1960 g/mol. The molecule has 13 rings (SSSR count). The Morgan fingerprint density at radius 3 is 0.636 bits per heavy atom. The van der Waals surface area contributed by atoms with Gasteiger partial charge in [0.15, 0.2) is 20.5 Å². The van der Waals surface area contributed by atoms with Crippen molar-refractivity contribution < 1.29 is 78.0 Å².